The molecule has 3 atom stereocenters. The first-order valence-electron chi connectivity index (χ1n) is 22.8. The first-order valence-corrected chi connectivity index (χ1v) is 24.3. The highest BCUT2D eigenvalue weighted by Crippen LogP contribution is 2.38. The van der Waals surface area contributed by atoms with Crippen molar-refractivity contribution in [3.63, 3.8) is 0 Å². The fourth-order valence-corrected chi connectivity index (χ4v) is 6.93. The second kappa shape index (κ2) is 33.8. The summed E-state index contributed by atoms with van der Waals surface area (Å²) in [6.07, 6.45) is 32.9. The molecular formula is C48H82NO10P. The Hall–Kier alpha value is -2.79. The topological polar surface area (TPSA) is 145 Å². The molecule has 0 spiro atoms. The van der Waals surface area contributed by atoms with E-state index in [4.69, 9.17) is 22.9 Å². The molecule has 0 aromatic carbocycles. The van der Waals surface area contributed by atoms with Crippen LogP contribution in [-0.2, 0) is 45.5 Å². The maximum atomic E-state index is 12.7. The maximum Gasteiger partial charge on any atom is 0.306 e. The van der Waals surface area contributed by atoms with Gasteiger partial charge in [0.05, 0.1) is 33.9 Å². The number of esters is 2. The van der Waals surface area contributed by atoms with Crippen molar-refractivity contribution < 1.29 is 51.6 Å². The van der Waals surface area contributed by atoms with E-state index in [1.165, 1.54) is 49.7 Å². The number of quaternary nitrogens is 1. The number of hydrogen-bond acceptors (Lipinski definition) is 10. The summed E-state index contributed by atoms with van der Waals surface area (Å²) in [5.74, 6) is 1.29. The summed E-state index contributed by atoms with van der Waals surface area (Å²) in [5.41, 5.74) is 2.59. The molecule has 1 N–H and O–H groups in total. The van der Waals surface area contributed by atoms with Crippen molar-refractivity contribution in [1.82, 2.24) is 0 Å². The Morgan fingerprint density at radius 2 is 1.33 bits per heavy atom. The average Bonchev–Trinajstić information content (AvgIpc) is 3.46. The van der Waals surface area contributed by atoms with E-state index in [-0.39, 0.29) is 26.1 Å². The zero-order valence-electron chi connectivity index (χ0n) is 38.5. The Morgan fingerprint density at radius 1 is 0.733 bits per heavy atom. The SMILES string of the molecule is CCCCC/C=C\C[C@H](O)/C=C/C=C\C/C=C\CCCC(=O)O[C@H](COC(=O)CCCCCCCCc1oc(CCCCC)c(C)c1C)COP(=O)([O-])OCC[N+](C)(C)C. The van der Waals surface area contributed by atoms with Crippen LogP contribution in [0.2, 0.25) is 0 Å². The number of rotatable bonds is 37. The summed E-state index contributed by atoms with van der Waals surface area (Å²) < 4.78 is 40.1. The third kappa shape index (κ3) is 30.3. The molecule has 1 unspecified atom stereocenters. The number of unbranched alkanes of at least 4 members (excludes halogenated alkanes) is 11. The Morgan fingerprint density at radius 3 is 2.02 bits per heavy atom. The van der Waals surface area contributed by atoms with Crippen LogP contribution in [0.1, 0.15) is 158 Å². The van der Waals surface area contributed by atoms with Crippen LogP contribution in [0.25, 0.3) is 0 Å². The van der Waals surface area contributed by atoms with Crippen LogP contribution in [0.5, 0.6) is 0 Å². The summed E-state index contributed by atoms with van der Waals surface area (Å²) >= 11 is 0. The van der Waals surface area contributed by atoms with Crippen LogP contribution in [-0.4, -0.2) is 81.2 Å². The summed E-state index contributed by atoms with van der Waals surface area (Å²) in [6.45, 7) is 8.27. The molecule has 0 saturated carbocycles. The number of nitrogens with zero attached hydrogens (tertiary/aromatic N) is 1. The first-order chi connectivity index (χ1) is 28.7. The number of aryl methyl sites for hydroxylation is 2. The van der Waals surface area contributed by atoms with E-state index in [0.29, 0.717) is 43.1 Å². The minimum atomic E-state index is -4.67. The van der Waals surface area contributed by atoms with Crippen molar-refractivity contribution in [2.75, 3.05) is 47.5 Å². The minimum Gasteiger partial charge on any atom is -0.756 e. The van der Waals surface area contributed by atoms with Crippen LogP contribution in [0.15, 0.2) is 53.0 Å². The Labute approximate surface area is 363 Å². The number of carbonyl (C=O) groups excluding carboxylic acids is 2. The van der Waals surface area contributed by atoms with Gasteiger partial charge in [0, 0.05) is 25.7 Å². The highest BCUT2D eigenvalue weighted by Gasteiger charge is 2.22. The molecule has 344 valence electrons. The Kier molecular flexibility index (Phi) is 31.1. The van der Waals surface area contributed by atoms with E-state index >= 15 is 0 Å². The van der Waals surface area contributed by atoms with Gasteiger partial charge in [-0.3, -0.25) is 14.2 Å². The monoisotopic (exact) mass is 864 g/mol. The van der Waals surface area contributed by atoms with Crippen LogP contribution in [0.3, 0.4) is 0 Å². The van der Waals surface area contributed by atoms with Gasteiger partial charge in [-0.15, -0.1) is 0 Å². The highest BCUT2D eigenvalue weighted by atomic mass is 31.2. The molecule has 1 heterocycles. The average molecular weight is 864 g/mol. The van der Waals surface area contributed by atoms with Gasteiger partial charge in [0.1, 0.15) is 31.3 Å². The van der Waals surface area contributed by atoms with Gasteiger partial charge >= 0.3 is 11.9 Å². The van der Waals surface area contributed by atoms with Gasteiger partial charge in [-0.05, 0) is 82.8 Å². The normalized spacial score (nSPS) is 14.5. The second-order valence-corrected chi connectivity index (χ2v) is 18.3. The molecule has 0 bridgehead atoms. The summed E-state index contributed by atoms with van der Waals surface area (Å²) in [4.78, 5) is 37.7. The predicted octanol–water partition coefficient (Wildman–Crippen LogP) is 10.7. The van der Waals surface area contributed by atoms with Crippen molar-refractivity contribution in [3.8, 4) is 0 Å². The molecule has 1 rings (SSSR count). The van der Waals surface area contributed by atoms with Crippen molar-refractivity contribution in [1.29, 1.82) is 0 Å². The van der Waals surface area contributed by atoms with Crippen LogP contribution < -0.4 is 4.89 Å². The quantitative estimate of drug-likeness (QED) is 0.0171. The number of aliphatic hydroxyl groups is 1. The zero-order valence-corrected chi connectivity index (χ0v) is 39.4. The molecule has 0 aliphatic heterocycles. The Bertz CT molecular complexity index is 1460. The molecule has 0 aliphatic rings. The van der Waals surface area contributed by atoms with E-state index in [0.717, 1.165) is 62.9 Å². The molecule has 1 aromatic heterocycles. The van der Waals surface area contributed by atoms with E-state index in [1.54, 1.807) is 6.08 Å². The van der Waals surface area contributed by atoms with Gasteiger partial charge in [0.25, 0.3) is 7.82 Å². The summed E-state index contributed by atoms with van der Waals surface area (Å²) in [5, 5.41) is 10.1. The molecule has 12 heteroatoms. The number of allylic oxidation sites excluding steroid dienone is 6. The number of hydrogen-bond donors (Lipinski definition) is 1. The van der Waals surface area contributed by atoms with E-state index < -0.39 is 38.6 Å². The number of likely N-dealkylation sites (N-methyl/N-ethyl adjacent to an activating group) is 1. The Balaban J connectivity index is 2.45. The molecule has 0 radical (unpaired) electrons. The number of furan rings is 1. The fourth-order valence-electron chi connectivity index (χ4n) is 6.20. The lowest BCUT2D eigenvalue weighted by molar-refractivity contribution is -0.870. The van der Waals surface area contributed by atoms with Gasteiger partial charge < -0.3 is 37.4 Å². The van der Waals surface area contributed by atoms with Gasteiger partial charge in [0.15, 0.2) is 6.10 Å². The van der Waals surface area contributed by atoms with Crippen LogP contribution in [0, 0.1) is 13.8 Å². The van der Waals surface area contributed by atoms with Crippen LogP contribution >= 0.6 is 7.82 Å². The standard InChI is InChI=1S/C48H82NO10P/c1-8-10-12-13-20-26-31-43(50)32-27-21-16-14-15-17-24-30-36-48(52)58-44(40-57-60(53,54)56-38-37-49(5,6)7)39-55-47(51)35-29-23-19-18-22-28-34-46-42(4)41(3)45(59-46)33-25-11-9-2/h15-17,20-21,26-27,32,43-44,50H,8-14,18-19,22-25,28-31,33-40H2,1-7H3/b17-15-,21-16-,26-20-,32-27+/t43-,44+/m0/s1. The number of aliphatic hydroxyl groups excluding tert-OH is 1. The molecule has 11 nitrogen and oxygen atoms in total. The second-order valence-electron chi connectivity index (χ2n) is 16.8. The van der Waals surface area contributed by atoms with E-state index in [9.17, 15) is 24.2 Å². The van der Waals surface area contributed by atoms with Gasteiger partial charge in [0.2, 0.25) is 0 Å². The molecular weight excluding hydrogens is 781 g/mol. The number of carbonyl (C=O) groups is 2. The molecule has 0 amide bonds. The number of ether oxygens (including phenoxy) is 2. The van der Waals surface area contributed by atoms with Crippen LogP contribution in [0.4, 0.5) is 0 Å². The molecule has 0 aliphatic carbocycles. The largest absolute Gasteiger partial charge is 0.756 e. The van der Waals surface area contributed by atoms with Crippen molar-refractivity contribution in [2.24, 2.45) is 0 Å². The third-order valence-electron chi connectivity index (χ3n) is 10.1. The molecule has 1 aromatic rings. The zero-order chi connectivity index (χ0) is 44.5. The van der Waals surface area contributed by atoms with Crippen molar-refractivity contribution >= 4 is 19.8 Å². The lowest BCUT2D eigenvalue weighted by atomic mass is 10.0. The first kappa shape index (κ1) is 55.2. The highest BCUT2D eigenvalue weighted by molar-refractivity contribution is 7.45. The third-order valence-corrected chi connectivity index (χ3v) is 11.1. The van der Waals surface area contributed by atoms with Gasteiger partial charge in [-0.2, -0.15) is 0 Å². The van der Waals surface area contributed by atoms with E-state index in [2.05, 4.69) is 33.8 Å². The molecule has 0 saturated heterocycles. The van der Waals surface area contributed by atoms with Crippen molar-refractivity contribution in [2.45, 2.75) is 175 Å². The number of phosphoric ester groups is 1. The minimum absolute atomic E-state index is 0.0621. The fraction of sp³-hybridized carbons (Fsp3) is 0.708. The lowest BCUT2D eigenvalue weighted by Gasteiger charge is -2.28. The lowest BCUT2D eigenvalue weighted by Crippen LogP contribution is -2.37. The molecule has 0 fully saturated rings. The summed E-state index contributed by atoms with van der Waals surface area (Å²) in [6, 6.07) is 0. The smallest absolute Gasteiger partial charge is 0.306 e. The predicted molar refractivity (Wildman–Crippen MR) is 240 cm³/mol. The molecule has 60 heavy (non-hydrogen) atoms. The van der Waals surface area contributed by atoms with Crippen molar-refractivity contribution in [3.05, 3.63) is 71.3 Å². The number of phosphoric acid groups is 1. The summed E-state index contributed by atoms with van der Waals surface area (Å²) in [7, 11) is 1.06. The maximum absolute atomic E-state index is 12.7. The van der Waals surface area contributed by atoms with Gasteiger partial charge in [-0.1, -0.05) is 114 Å². The van der Waals surface area contributed by atoms with Gasteiger partial charge in [-0.25, -0.2) is 0 Å². The van der Waals surface area contributed by atoms with E-state index in [1.807, 2.05) is 57.6 Å².